The second-order valence-electron chi connectivity index (χ2n) is 5.56. The molecule has 28 heavy (non-hydrogen) atoms. The highest BCUT2D eigenvalue weighted by atomic mass is 32.1. The van der Waals surface area contributed by atoms with Gasteiger partial charge >= 0.3 is 12.0 Å². The van der Waals surface area contributed by atoms with Crippen LogP contribution in [0.15, 0.2) is 59.2 Å². The number of rotatable bonds is 6. The van der Waals surface area contributed by atoms with Gasteiger partial charge in [-0.25, -0.2) is 14.0 Å². The fourth-order valence-corrected chi connectivity index (χ4v) is 3.11. The van der Waals surface area contributed by atoms with Crippen LogP contribution in [0.5, 0.6) is 0 Å². The van der Waals surface area contributed by atoms with Gasteiger partial charge in [-0.1, -0.05) is 12.1 Å². The molecule has 0 aliphatic carbocycles. The minimum Gasteiger partial charge on any atom is -0.467 e. The summed E-state index contributed by atoms with van der Waals surface area (Å²) in [5, 5.41) is 4.48. The summed E-state index contributed by atoms with van der Waals surface area (Å²) >= 11 is 1.15. The first-order valence-corrected chi connectivity index (χ1v) is 8.96. The number of nitrogens with one attached hydrogen (secondary N) is 2. The van der Waals surface area contributed by atoms with Gasteiger partial charge in [-0.15, -0.1) is 11.3 Å². The van der Waals surface area contributed by atoms with Crippen molar-refractivity contribution in [3.8, 4) is 10.4 Å². The summed E-state index contributed by atoms with van der Waals surface area (Å²) in [5.74, 6) is -1.27. The number of carbonyl (C=O) groups excluding carboxylic acids is 3. The number of benzene rings is 1. The summed E-state index contributed by atoms with van der Waals surface area (Å²) < 4.78 is 22.9. The number of urea groups is 1. The molecule has 3 aromatic rings. The Morgan fingerprint density at radius 1 is 1.07 bits per heavy atom. The van der Waals surface area contributed by atoms with E-state index in [2.05, 4.69) is 5.32 Å². The van der Waals surface area contributed by atoms with Gasteiger partial charge in [-0.2, -0.15) is 0 Å². The molecule has 3 amide bonds. The topological polar surface area (TPSA) is 97.6 Å². The third kappa shape index (κ3) is 5.27. The van der Waals surface area contributed by atoms with Gasteiger partial charge in [0.15, 0.2) is 6.61 Å². The van der Waals surface area contributed by atoms with Gasteiger partial charge in [-0.3, -0.25) is 10.1 Å². The number of imide groups is 1. The van der Waals surface area contributed by atoms with E-state index in [0.717, 1.165) is 21.8 Å². The highest BCUT2D eigenvalue weighted by Crippen LogP contribution is 2.28. The number of hydrogen-bond donors (Lipinski definition) is 2. The molecule has 3 rings (SSSR count). The van der Waals surface area contributed by atoms with E-state index in [9.17, 15) is 18.8 Å². The first kappa shape index (κ1) is 19.3. The lowest BCUT2D eigenvalue weighted by Gasteiger charge is -2.06. The van der Waals surface area contributed by atoms with Crippen LogP contribution in [0, 0.1) is 5.82 Å². The molecule has 2 aromatic heterocycles. The van der Waals surface area contributed by atoms with Crippen molar-refractivity contribution in [2.24, 2.45) is 0 Å². The Bertz CT molecular complexity index is 967. The Hall–Kier alpha value is -3.46. The van der Waals surface area contributed by atoms with Crippen molar-refractivity contribution in [1.29, 1.82) is 0 Å². The van der Waals surface area contributed by atoms with Crippen LogP contribution in [0.2, 0.25) is 0 Å². The lowest BCUT2D eigenvalue weighted by atomic mass is 10.2. The molecule has 0 radical (unpaired) electrons. The van der Waals surface area contributed by atoms with Crippen molar-refractivity contribution in [1.82, 2.24) is 10.6 Å². The summed E-state index contributed by atoms with van der Waals surface area (Å²) in [7, 11) is 0. The molecular formula is C19H15FN2O5S. The van der Waals surface area contributed by atoms with Gasteiger partial charge in [0, 0.05) is 4.88 Å². The second kappa shape index (κ2) is 8.96. The lowest BCUT2D eigenvalue weighted by molar-refractivity contribution is -0.123. The normalized spacial score (nSPS) is 10.3. The maximum absolute atomic E-state index is 13.0. The molecule has 0 unspecified atom stereocenters. The van der Waals surface area contributed by atoms with E-state index in [-0.39, 0.29) is 17.2 Å². The van der Waals surface area contributed by atoms with Crippen molar-refractivity contribution in [2.45, 2.75) is 6.54 Å². The van der Waals surface area contributed by atoms with Crippen LogP contribution in [0.25, 0.3) is 10.4 Å². The van der Waals surface area contributed by atoms with E-state index < -0.39 is 24.5 Å². The number of ether oxygens (including phenoxy) is 1. The van der Waals surface area contributed by atoms with Crippen molar-refractivity contribution in [3.63, 3.8) is 0 Å². The molecule has 2 heterocycles. The number of esters is 1. The Balaban J connectivity index is 1.45. The first-order valence-electron chi connectivity index (χ1n) is 8.14. The number of halogens is 1. The van der Waals surface area contributed by atoms with Gasteiger partial charge in [0.05, 0.1) is 12.8 Å². The van der Waals surface area contributed by atoms with Gasteiger partial charge in [-0.05, 0) is 42.0 Å². The molecule has 0 aliphatic rings. The summed E-state index contributed by atoms with van der Waals surface area (Å²) in [6.45, 7) is -0.482. The minimum atomic E-state index is -0.763. The maximum Gasteiger partial charge on any atom is 0.348 e. The van der Waals surface area contributed by atoms with E-state index in [1.54, 1.807) is 36.4 Å². The zero-order valence-corrected chi connectivity index (χ0v) is 15.3. The largest absolute Gasteiger partial charge is 0.467 e. The summed E-state index contributed by atoms with van der Waals surface area (Å²) in [6.07, 6.45) is 1.46. The van der Waals surface area contributed by atoms with Gasteiger partial charge < -0.3 is 14.5 Å². The third-order valence-electron chi connectivity index (χ3n) is 3.53. The first-order chi connectivity index (χ1) is 13.5. The van der Waals surface area contributed by atoms with Gasteiger partial charge in [0.2, 0.25) is 0 Å². The molecule has 0 atom stereocenters. The average molecular weight is 402 g/mol. The minimum absolute atomic E-state index is 0.118. The number of carbonyl (C=O) groups is 3. The fourth-order valence-electron chi connectivity index (χ4n) is 2.21. The molecule has 144 valence electrons. The number of amides is 3. The third-order valence-corrected chi connectivity index (χ3v) is 4.64. The van der Waals surface area contributed by atoms with Gasteiger partial charge in [0.25, 0.3) is 5.91 Å². The van der Waals surface area contributed by atoms with E-state index in [1.165, 1.54) is 18.4 Å². The Labute approximate surface area is 163 Å². The van der Waals surface area contributed by atoms with Crippen LogP contribution >= 0.6 is 11.3 Å². The van der Waals surface area contributed by atoms with E-state index in [4.69, 9.17) is 9.15 Å². The number of hydrogen-bond acceptors (Lipinski definition) is 6. The molecule has 1 aromatic carbocycles. The molecule has 0 bridgehead atoms. The predicted octanol–water partition coefficient (Wildman–Crippen LogP) is 3.33. The van der Waals surface area contributed by atoms with Crippen molar-refractivity contribution < 1.29 is 27.9 Å². The monoisotopic (exact) mass is 402 g/mol. The van der Waals surface area contributed by atoms with Crippen molar-refractivity contribution in [2.75, 3.05) is 6.61 Å². The second-order valence-corrected chi connectivity index (χ2v) is 6.64. The lowest BCUT2D eigenvalue weighted by Crippen LogP contribution is -2.41. The molecular weight excluding hydrogens is 387 g/mol. The van der Waals surface area contributed by atoms with Crippen molar-refractivity contribution >= 4 is 29.2 Å². The van der Waals surface area contributed by atoms with E-state index in [1.807, 2.05) is 5.32 Å². The molecule has 2 N–H and O–H groups in total. The zero-order valence-electron chi connectivity index (χ0n) is 14.4. The highest BCUT2D eigenvalue weighted by Gasteiger charge is 2.15. The zero-order chi connectivity index (χ0) is 19.9. The van der Waals surface area contributed by atoms with Crippen LogP contribution in [-0.4, -0.2) is 24.5 Å². The summed E-state index contributed by atoms with van der Waals surface area (Å²) in [4.78, 5) is 36.4. The Morgan fingerprint density at radius 2 is 1.86 bits per heavy atom. The number of furan rings is 1. The smallest absolute Gasteiger partial charge is 0.348 e. The molecule has 0 saturated carbocycles. The molecule has 7 nitrogen and oxygen atoms in total. The molecule has 9 heteroatoms. The standard InChI is InChI=1S/C19H15FN2O5S/c20-13-5-3-12(4-6-13)15-7-8-16(28-15)18(24)27-11-17(23)22-19(25)21-10-14-2-1-9-26-14/h1-9H,10-11H2,(H2,21,22,23,25). The van der Waals surface area contributed by atoms with Crippen molar-refractivity contribution in [3.05, 3.63) is 71.2 Å². The van der Waals surface area contributed by atoms with Crippen LogP contribution in [0.3, 0.4) is 0 Å². The van der Waals surface area contributed by atoms with Crippen LogP contribution in [-0.2, 0) is 16.1 Å². The quantitative estimate of drug-likeness (QED) is 0.617. The molecule has 0 aliphatic heterocycles. The molecule has 0 spiro atoms. The molecule has 0 saturated heterocycles. The summed E-state index contributed by atoms with van der Waals surface area (Å²) in [5.41, 5.74) is 0.761. The fraction of sp³-hybridized carbons (Fsp3) is 0.105. The summed E-state index contributed by atoms with van der Waals surface area (Å²) in [6, 6.07) is 11.7. The Kier molecular flexibility index (Phi) is 6.18. The van der Waals surface area contributed by atoms with E-state index in [0.29, 0.717) is 5.76 Å². The van der Waals surface area contributed by atoms with Crippen LogP contribution in [0.4, 0.5) is 9.18 Å². The predicted molar refractivity (Wildman–Crippen MR) is 99.1 cm³/mol. The van der Waals surface area contributed by atoms with E-state index >= 15 is 0 Å². The van der Waals surface area contributed by atoms with Crippen LogP contribution in [0.1, 0.15) is 15.4 Å². The maximum atomic E-state index is 13.0. The van der Waals surface area contributed by atoms with Gasteiger partial charge in [0.1, 0.15) is 16.5 Å². The average Bonchev–Trinajstić information content (AvgIpc) is 3.37. The van der Waals surface area contributed by atoms with Crippen LogP contribution < -0.4 is 10.6 Å². The highest BCUT2D eigenvalue weighted by molar-refractivity contribution is 7.17. The SMILES string of the molecule is O=C(COC(=O)c1ccc(-c2ccc(F)cc2)s1)NC(=O)NCc1ccco1. The Morgan fingerprint density at radius 3 is 2.57 bits per heavy atom. The number of thiophene rings is 1. The molecule has 0 fully saturated rings.